The van der Waals surface area contributed by atoms with Gasteiger partial charge < -0.3 is 14.6 Å². The fourth-order valence-electron chi connectivity index (χ4n) is 1.95. The Hall–Kier alpha value is -0.870. The Morgan fingerprint density at radius 3 is 2.36 bits per heavy atom. The minimum atomic E-state index is -0.412. The Balaban J connectivity index is 3.42. The van der Waals surface area contributed by atoms with Crippen molar-refractivity contribution in [3.63, 3.8) is 0 Å². The number of allylic oxidation sites excluding steroid dienone is 2. The van der Waals surface area contributed by atoms with Crippen LogP contribution in [0.5, 0.6) is 0 Å². The van der Waals surface area contributed by atoms with E-state index in [1.807, 2.05) is 0 Å². The number of ether oxygens (including phenoxy) is 2. The first-order valence-corrected chi connectivity index (χ1v) is 8.36. The average Bonchev–Trinajstić information content (AvgIpc) is 2.45. The van der Waals surface area contributed by atoms with Crippen LogP contribution in [-0.2, 0) is 14.3 Å². The predicted molar refractivity (Wildman–Crippen MR) is 89.8 cm³/mol. The highest BCUT2D eigenvalue weighted by atomic mass is 16.6. The Kier molecular flexibility index (Phi) is 12.2. The van der Waals surface area contributed by atoms with Crippen molar-refractivity contribution in [2.24, 2.45) is 5.41 Å². The van der Waals surface area contributed by atoms with Gasteiger partial charge >= 0.3 is 5.97 Å². The zero-order valence-corrected chi connectivity index (χ0v) is 14.8. The number of hydrogen-bond acceptors (Lipinski definition) is 4. The molecule has 1 atom stereocenters. The van der Waals surface area contributed by atoms with Crippen LogP contribution in [0.3, 0.4) is 0 Å². The van der Waals surface area contributed by atoms with Crippen molar-refractivity contribution in [1.82, 2.24) is 0 Å². The summed E-state index contributed by atoms with van der Waals surface area (Å²) in [5.41, 5.74) is 0.276. The van der Waals surface area contributed by atoms with Gasteiger partial charge in [0.25, 0.3) is 0 Å². The SMILES string of the molecule is COC(CO)COC(=O)CCCCCCC/C=C\C(C)(C)C. The number of methoxy groups -OCH3 is 1. The van der Waals surface area contributed by atoms with Gasteiger partial charge in [-0.1, -0.05) is 52.2 Å². The van der Waals surface area contributed by atoms with Gasteiger partial charge in [-0.05, 0) is 24.7 Å². The quantitative estimate of drug-likeness (QED) is 0.337. The van der Waals surface area contributed by atoms with Crippen LogP contribution >= 0.6 is 0 Å². The number of aliphatic hydroxyl groups excluding tert-OH is 1. The maximum atomic E-state index is 11.5. The van der Waals surface area contributed by atoms with Gasteiger partial charge in [0, 0.05) is 13.5 Å². The molecule has 0 aliphatic carbocycles. The van der Waals surface area contributed by atoms with Crippen LogP contribution < -0.4 is 0 Å². The topological polar surface area (TPSA) is 55.8 Å². The molecular formula is C18H34O4. The third kappa shape index (κ3) is 14.1. The van der Waals surface area contributed by atoms with E-state index < -0.39 is 6.10 Å². The molecule has 0 amide bonds. The van der Waals surface area contributed by atoms with Crippen LogP contribution in [0.4, 0.5) is 0 Å². The molecule has 4 nitrogen and oxygen atoms in total. The Labute approximate surface area is 135 Å². The monoisotopic (exact) mass is 314 g/mol. The number of unbranched alkanes of at least 4 members (excludes halogenated alkanes) is 5. The molecule has 0 aliphatic heterocycles. The van der Waals surface area contributed by atoms with Crippen molar-refractivity contribution in [3.8, 4) is 0 Å². The van der Waals surface area contributed by atoms with E-state index in [0.717, 1.165) is 25.7 Å². The van der Waals surface area contributed by atoms with Gasteiger partial charge in [0.1, 0.15) is 12.7 Å². The minimum Gasteiger partial charge on any atom is -0.463 e. The van der Waals surface area contributed by atoms with Crippen molar-refractivity contribution in [2.45, 2.75) is 71.8 Å². The summed E-state index contributed by atoms with van der Waals surface area (Å²) in [6.45, 7) is 6.62. The lowest BCUT2D eigenvalue weighted by molar-refractivity contribution is -0.148. The molecule has 0 saturated carbocycles. The molecule has 0 aliphatic rings. The van der Waals surface area contributed by atoms with Crippen molar-refractivity contribution in [1.29, 1.82) is 0 Å². The van der Waals surface area contributed by atoms with E-state index in [1.165, 1.54) is 20.0 Å². The summed E-state index contributed by atoms with van der Waals surface area (Å²) in [6, 6.07) is 0. The molecule has 0 bridgehead atoms. The molecule has 0 aromatic carbocycles. The molecule has 0 fully saturated rings. The predicted octanol–water partition coefficient (Wildman–Crippen LogP) is 3.87. The normalized spacial score (nSPS) is 13.5. The van der Waals surface area contributed by atoms with Gasteiger partial charge in [-0.3, -0.25) is 4.79 Å². The Bertz CT molecular complexity index is 301. The largest absolute Gasteiger partial charge is 0.463 e. The lowest BCUT2D eigenvalue weighted by atomic mass is 9.95. The summed E-state index contributed by atoms with van der Waals surface area (Å²) in [5, 5.41) is 8.90. The molecule has 1 unspecified atom stereocenters. The fraction of sp³-hybridized carbons (Fsp3) is 0.833. The lowest BCUT2D eigenvalue weighted by Crippen LogP contribution is -2.24. The van der Waals surface area contributed by atoms with E-state index in [9.17, 15) is 4.79 Å². The van der Waals surface area contributed by atoms with Gasteiger partial charge in [-0.25, -0.2) is 0 Å². The minimum absolute atomic E-state index is 0.131. The molecule has 22 heavy (non-hydrogen) atoms. The first-order valence-electron chi connectivity index (χ1n) is 8.36. The zero-order valence-electron chi connectivity index (χ0n) is 14.8. The Morgan fingerprint density at radius 1 is 1.14 bits per heavy atom. The van der Waals surface area contributed by atoms with Gasteiger partial charge in [-0.15, -0.1) is 0 Å². The van der Waals surface area contributed by atoms with E-state index in [0.29, 0.717) is 6.42 Å². The van der Waals surface area contributed by atoms with E-state index in [1.54, 1.807) is 0 Å². The third-order valence-corrected chi connectivity index (χ3v) is 3.34. The smallest absolute Gasteiger partial charge is 0.305 e. The molecule has 1 N–H and O–H groups in total. The molecule has 0 spiro atoms. The highest BCUT2D eigenvalue weighted by molar-refractivity contribution is 5.69. The van der Waals surface area contributed by atoms with Crippen LogP contribution in [0.2, 0.25) is 0 Å². The summed E-state index contributed by atoms with van der Waals surface area (Å²) in [5.74, 6) is -0.205. The molecule has 0 heterocycles. The molecule has 0 aromatic heterocycles. The highest BCUT2D eigenvalue weighted by Crippen LogP contribution is 2.16. The van der Waals surface area contributed by atoms with Crippen molar-refractivity contribution in [2.75, 3.05) is 20.3 Å². The molecule has 0 radical (unpaired) electrons. The molecule has 0 saturated heterocycles. The zero-order chi connectivity index (χ0) is 16.8. The summed E-state index contributed by atoms with van der Waals surface area (Å²) in [6.07, 6.45) is 11.2. The van der Waals surface area contributed by atoms with Crippen LogP contribution in [-0.4, -0.2) is 37.5 Å². The lowest BCUT2D eigenvalue weighted by Gasteiger charge is -2.12. The fourth-order valence-corrected chi connectivity index (χ4v) is 1.95. The molecule has 130 valence electrons. The maximum Gasteiger partial charge on any atom is 0.305 e. The van der Waals surface area contributed by atoms with Crippen LogP contribution in [0.1, 0.15) is 65.7 Å². The second kappa shape index (κ2) is 12.7. The molecule has 0 rings (SSSR count). The standard InChI is InChI=1S/C18H34O4/c1-18(2,3)13-11-9-7-5-6-8-10-12-17(20)22-15-16(14-19)21-4/h11,13,16,19H,5-10,12,14-15H2,1-4H3/b13-11-. The summed E-state index contributed by atoms with van der Waals surface area (Å²) < 4.78 is 9.97. The third-order valence-electron chi connectivity index (χ3n) is 3.34. The van der Waals surface area contributed by atoms with Crippen LogP contribution in [0.25, 0.3) is 0 Å². The van der Waals surface area contributed by atoms with Crippen molar-refractivity contribution in [3.05, 3.63) is 12.2 Å². The van der Waals surface area contributed by atoms with E-state index in [4.69, 9.17) is 14.6 Å². The van der Waals surface area contributed by atoms with Crippen molar-refractivity contribution >= 4 is 5.97 Å². The number of rotatable bonds is 12. The van der Waals surface area contributed by atoms with Gasteiger partial charge in [0.05, 0.1) is 6.61 Å². The van der Waals surface area contributed by atoms with E-state index in [2.05, 4.69) is 32.9 Å². The summed E-state index contributed by atoms with van der Waals surface area (Å²) in [7, 11) is 1.49. The number of esters is 1. The Morgan fingerprint density at radius 2 is 1.77 bits per heavy atom. The second-order valence-electron chi connectivity index (χ2n) is 6.80. The first-order chi connectivity index (χ1) is 10.4. The van der Waals surface area contributed by atoms with Crippen LogP contribution in [0, 0.1) is 5.41 Å². The van der Waals surface area contributed by atoms with E-state index >= 15 is 0 Å². The molecule has 4 heteroatoms. The molecular weight excluding hydrogens is 280 g/mol. The number of hydrogen-bond donors (Lipinski definition) is 1. The summed E-state index contributed by atoms with van der Waals surface area (Å²) in [4.78, 5) is 11.5. The number of carbonyl (C=O) groups is 1. The summed E-state index contributed by atoms with van der Waals surface area (Å²) >= 11 is 0. The van der Waals surface area contributed by atoms with Crippen LogP contribution in [0.15, 0.2) is 12.2 Å². The number of carbonyl (C=O) groups excluding carboxylic acids is 1. The highest BCUT2D eigenvalue weighted by Gasteiger charge is 2.09. The second-order valence-corrected chi connectivity index (χ2v) is 6.80. The number of aliphatic hydroxyl groups is 1. The van der Waals surface area contributed by atoms with Crippen molar-refractivity contribution < 1.29 is 19.4 Å². The van der Waals surface area contributed by atoms with Gasteiger partial charge in [0.15, 0.2) is 0 Å². The first kappa shape index (κ1) is 21.1. The maximum absolute atomic E-state index is 11.5. The average molecular weight is 314 g/mol. The van der Waals surface area contributed by atoms with Gasteiger partial charge in [0.2, 0.25) is 0 Å². The van der Waals surface area contributed by atoms with E-state index in [-0.39, 0.29) is 24.6 Å². The van der Waals surface area contributed by atoms with Gasteiger partial charge in [-0.2, -0.15) is 0 Å². The molecule has 0 aromatic rings.